The van der Waals surface area contributed by atoms with Gasteiger partial charge in [-0.1, -0.05) is 11.6 Å². The molecule has 0 aliphatic carbocycles. The molecule has 2 rings (SSSR count). The summed E-state index contributed by atoms with van der Waals surface area (Å²) in [6, 6.07) is 0. The average molecular weight is 271 g/mol. The van der Waals surface area contributed by atoms with Crippen LogP contribution < -0.4 is 5.32 Å². The van der Waals surface area contributed by atoms with E-state index in [0.29, 0.717) is 0 Å². The maximum Gasteiger partial charge on any atom is 0.0860 e. The summed E-state index contributed by atoms with van der Waals surface area (Å²) in [6.45, 7) is 6.29. The molecule has 0 aromatic carbocycles. The fraction of sp³-hybridized carbons (Fsp3) is 0.769. The molecule has 0 atom stereocenters. The fourth-order valence-electron chi connectivity index (χ4n) is 2.68. The van der Waals surface area contributed by atoms with Crippen molar-refractivity contribution in [3.05, 3.63) is 16.4 Å². The first kappa shape index (κ1) is 13.8. The van der Waals surface area contributed by atoms with Crippen molar-refractivity contribution < 1.29 is 0 Å². The first-order valence-corrected chi connectivity index (χ1v) is 7.03. The van der Waals surface area contributed by atoms with Gasteiger partial charge in [-0.15, -0.1) is 0 Å². The molecule has 0 spiro atoms. The topological polar surface area (TPSA) is 33.1 Å². The van der Waals surface area contributed by atoms with Crippen molar-refractivity contribution in [3.8, 4) is 0 Å². The Morgan fingerprint density at radius 1 is 1.44 bits per heavy atom. The predicted octanol–water partition coefficient (Wildman–Crippen LogP) is 1.81. The molecule has 102 valence electrons. The number of hydrogen-bond acceptors (Lipinski definition) is 3. The van der Waals surface area contributed by atoms with E-state index in [-0.39, 0.29) is 0 Å². The highest BCUT2D eigenvalue weighted by molar-refractivity contribution is 6.31. The van der Waals surface area contributed by atoms with Gasteiger partial charge in [0.2, 0.25) is 0 Å². The average Bonchev–Trinajstić information content (AvgIpc) is 2.57. The second kappa shape index (κ2) is 6.04. The third-order valence-electron chi connectivity index (χ3n) is 3.71. The van der Waals surface area contributed by atoms with E-state index >= 15 is 0 Å². The molecule has 2 heterocycles. The van der Waals surface area contributed by atoms with Crippen LogP contribution in [0.25, 0.3) is 0 Å². The highest BCUT2D eigenvalue weighted by Gasteiger charge is 2.17. The van der Waals surface area contributed by atoms with Crippen LogP contribution >= 0.6 is 11.6 Å². The lowest BCUT2D eigenvalue weighted by atomic mass is 9.98. The Hall–Kier alpha value is -0.580. The van der Waals surface area contributed by atoms with Crippen molar-refractivity contribution in [1.82, 2.24) is 20.0 Å². The second-order valence-corrected chi connectivity index (χ2v) is 5.74. The summed E-state index contributed by atoms with van der Waals surface area (Å²) in [6.07, 6.45) is 2.56. The SMILES string of the molecule is Cc1nn(C)c(CN(C)CC2CCNCC2)c1Cl. The first-order chi connectivity index (χ1) is 8.58. The Morgan fingerprint density at radius 2 is 2.11 bits per heavy atom. The second-order valence-electron chi connectivity index (χ2n) is 5.36. The van der Waals surface area contributed by atoms with E-state index in [1.165, 1.54) is 12.8 Å². The molecule has 0 amide bonds. The molecule has 1 N–H and O–H groups in total. The number of nitrogens with one attached hydrogen (secondary N) is 1. The molecule has 1 fully saturated rings. The van der Waals surface area contributed by atoms with E-state index in [4.69, 9.17) is 11.6 Å². The number of aryl methyl sites for hydroxylation is 2. The molecule has 0 bridgehead atoms. The summed E-state index contributed by atoms with van der Waals surface area (Å²) in [5.74, 6) is 0.810. The van der Waals surface area contributed by atoms with E-state index in [1.807, 2.05) is 18.7 Å². The van der Waals surface area contributed by atoms with Gasteiger partial charge in [0.25, 0.3) is 0 Å². The highest BCUT2D eigenvalue weighted by Crippen LogP contribution is 2.21. The van der Waals surface area contributed by atoms with Crippen LogP contribution in [0.4, 0.5) is 0 Å². The molecular formula is C13H23ClN4. The Labute approximate surface area is 114 Å². The number of hydrogen-bond donors (Lipinski definition) is 1. The van der Waals surface area contributed by atoms with E-state index in [9.17, 15) is 0 Å². The van der Waals surface area contributed by atoms with Gasteiger partial charge in [0.1, 0.15) is 0 Å². The van der Waals surface area contributed by atoms with Crippen LogP contribution in [-0.2, 0) is 13.6 Å². The van der Waals surface area contributed by atoms with Crippen molar-refractivity contribution in [2.45, 2.75) is 26.3 Å². The fourth-order valence-corrected chi connectivity index (χ4v) is 2.90. The van der Waals surface area contributed by atoms with E-state index in [1.54, 1.807) is 0 Å². The molecule has 1 aromatic rings. The maximum absolute atomic E-state index is 6.28. The van der Waals surface area contributed by atoms with Crippen molar-refractivity contribution in [2.24, 2.45) is 13.0 Å². The van der Waals surface area contributed by atoms with Gasteiger partial charge in [0.15, 0.2) is 0 Å². The van der Waals surface area contributed by atoms with Gasteiger partial charge >= 0.3 is 0 Å². The van der Waals surface area contributed by atoms with E-state index in [0.717, 1.165) is 48.5 Å². The van der Waals surface area contributed by atoms with Crippen LogP contribution in [0.1, 0.15) is 24.2 Å². The smallest absolute Gasteiger partial charge is 0.0860 e. The number of nitrogens with zero attached hydrogens (tertiary/aromatic N) is 3. The van der Waals surface area contributed by atoms with Crippen LogP contribution in [0.15, 0.2) is 0 Å². The van der Waals surface area contributed by atoms with Crippen molar-refractivity contribution >= 4 is 11.6 Å². The quantitative estimate of drug-likeness (QED) is 0.906. The summed E-state index contributed by atoms with van der Waals surface area (Å²) in [5.41, 5.74) is 2.04. The highest BCUT2D eigenvalue weighted by atomic mass is 35.5. The molecule has 4 nitrogen and oxygen atoms in total. The largest absolute Gasteiger partial charge is 0.317 e. The zero-order valence-electron chi connectivity index (χ0n) is 11.5. The third-order valence-corrected chi connectivity index (χ3v) is 4.20. The number of rotatable bonds is 4. The van der Waals surface area contributed by atoms with Gasteiger partial charge in [-0.05, 0) is 45.8 Å². The van der Waals surface area contributed by atoms with Gasteiger partial charge in [0, 0.05) is 20.1 Å². The molecular weight excluding hydrogens is 248 g/mol. The molecule has 0 saturated carbocycles. The molecule has 1 aromatic heterocycles. The summed E-state index contributed by atoms with van der Waals surface area (Å²) in [5, 5.41) is 8.58. The molecule has 1 aliphatic heterocycles. The van der Waals surface area contributed by atoms with Gasteiger partial charge < -0.3 is 10.2 Å². The Balaban J connectivity index is 1.91. The minimum absolute atomic E-state index is 0.810. The monoisotopic (exact) mass is 270 g/mol. The molecule has 0 radical (unpaired) electrons. The lowest BCUT2D eigenvalue weighted by Crippen LogP contribution is -2.34. The Morgan fingerprint density at radius 3 is 2.67 bits per heavy atom. The van der Waals surface area contributed by atoms with Crippen LogP contribution in [0, 0.1) is 12.8 Å². The lowest BCUT2D eigenvalue weighted by Gasteiger charge is -2.27. The molecule has 1 saturated heterocycles. The van der Waals surface area contributed by atoms with Crippen LogP contribution in [0.5, 0.6) is 0 Å². The summed E-state index contributed by atoms with van der Waals surface area (Å²) in [7, 11) is 4.13. The third kappa shape index (κ3) is 3.25. The summed E-state index contributed by atoms with van der Waals surface area (Å²) < 4.78 is 1.90. The Kier molecular flexibility index (Phi) is 4.65. The molecule has 5 heteroatoms. The predicted molar refractivity (Wildman–Crippen MR) is 74.9 cm³/mol. The van der Waals surface area contributed by atoms with E-state index in [2.05, 4.69) is 22.4 Å². The van der Waals surface area contributed by atoms with Crippen LogP contribution in [-0.4, -0.2) is 41.4 Å². The lowest BCUT2D eigenvalue weighted by molar-refractivity contribution is 0.230. The van der Waals surface area contributed by atoms with Crippen molar-refractivity contribution in [1.29, 1.82) is 0 Å². The van der Waals surface area contributed by atoms with Crippen LogP contribution in [0.2, 0.25) is 5.02 Å². The summed E-state index contributed by atoms with van der Waals surface area (Å²) in [4.78, 5) is 2.36. The van der Waals surface area contributed by atoms with Gasteiger partial charge in [-0.3, -0.25) is 4.68 Å². The summed E-state index contributed by atoms with van der Waals surface area (Å²) >= 11 is 6.28. The van der Waals surface area contributed by atoms with Gasteiger partial charge in [-0.2, -0.15) is 5.10 Å². The van der Waals surface area contributed by atoms with Crippen molar-refractivity contribution in [3.63, 3.8) is 0 Å². The number of piperidine rings is 1. The molecule has 18 heavy (non-hydrogen) atoms. The zero-order chi connectivity index (χ0) is 13.1. The standard InChI is InChI=1S/C13H23ClN4/c1-10-13(14)12(18(3)16-10)9-17(2)8-11-4-6-15-7-5-11/h11,15H,4-9H2,1-3H3. The minimum Gasteiger partial charge on any atom is -0.317 e. The first-order valence-electron chi connectivity index (χ1n) is 6.65. The number of aromatic nitrogens is 2. The Bertz CT molecular complexity index is 396. The minimum atomic E-state index is 0.810. The maximum atomic E-state index is 6.28. The molecule has 0 unspecified atom stereocenters. The zero-order valence-corrected chi connectivity index (χ0v) is 12.3. The van der Waals surface area contributed by atoms with Gasteiger partial charge in [-0.25, -0.2) is 0 Å². The van der Waals surface area contributed by atoms with Gasteiger partial charge in [0.05, 0.1) is 16.4 Å². The van der Waals surface area contributed by atoms with Crippen LogP contribution in [0.3, 0.4) is 0 Å². The normalized spacial score (nSPS) is 17.6. The van der Waals surface area contributed by atoms with Crippen molar-refractivity contribution in [2.75, 3.05) is 26.7 Å². The number of halogens is 1. The van der Waals surface area contributed by atoms with E-state index < -0.39 is 0 Å². The molecule has 1 aliphatic rings.